The number of rotatable bonds is 3. The molecular weight excluding hydrogens is 295 g/mol. The van der Waals surface area contributed by atoms with E-state index in [9.17, 15) is 4.79 Å². The van der Waals surface area contributed by atoms with Crippen LogP contribution in [0.15, 0.2) is 42.5 Å². The SMILES string of the molecule is CCN(C(=O)c1cc(Cl)cc(Cl)c1)c1ccccc1N. The number of anilines is 2. The second-order valence-corrected chi connectivity index (χ2v) is 5.14. The molecule has 0 heterocycles. The predicted octanol–water partition coefficient (Wildman–Crippen LogP) is 4.24. The highest BCUT2D eigenvalue weighted by Gasteiger charge is 2.18. The van der Waals surface area contributed by atoms with E-state index in [1.807, 2.05) is 25.1 Å². The third kappa shape index (κ3) is 3.06. The fraction of sp³-hybridized carbons (Fsp3) is 0.133. The molecule has 0 aromatic heterocycles. The summed E-state index contributed by atoms with van der Waals surface area (Å²) in [6, 6.07) is 12.0. The standard InChI is InChI=1S/C15H14Cl2N2O/c1-2-19(14-6-4-3-5-13(14)18)15(20)10-7-11(16)9-12(17)8-10/h3-9H,2,18H2,1H3. The smallest absolute Gasteiger partial charge is 0.258 e. The van der Waals surface area contributed by atoms with Crippen LogP contribution in [0.5, 0.6) is 0 Å². The van der Waals surface area contributed by atoms with Crippen LogP contribution < -0.4 is 10.6 Å². The van der Waals surface area contributed by atoms with Crippen LogP contribution in [0.1, 0.15) is 17.3 Å². The first-order chi connectivity index (χ1) is 9.52. The number of benzene rings is 2. The van der Waals surface area contributed by atoms with Crippen molar-refractivity contribution in [1.82, 2.24) is 0 Å². The Balaban J connectivity index is 2.42. The molecule has 0 bridgehead atoms. The largest absolute Gasteiger partial charge is 0.397 e. The van der Waals surface area contributed by atoms with Gasteiger partial charge < -0.3 is 10.6 Å². The van der Waals surface area contributed by atoms with E-state index in [4.69, 9.17) is 28.9 Å². The Kier molecular flexibility index (Phi) is 4.53. The lowest BCUT2D eigenvalue weighted by Gasteiger charge is -2.22. The van der Waals surface area contributed by atoms with Crippen LogP contribution in [0.4, 0.5) is 11.4 Å². The first kappa shape index (κ1) is 14.7. The number of nitrogens with two attached hydrogens (primary N) is 1. The first-order valence-corrected chi connectivity index (χ1v) is 6.91. The van der Waals surface area contributed by atoms with E-state index >= 15 is 0 Å². The van der Waals surface area contributed by atoms with Gasteiger partial charge in [0.2, 0.25) is 0 Å². The number of carbonyl (C=O) groups excluding carboxylic acids is 1. The fourth-order valence-corrected chi connectivity index (χ4v) is 2.52. The monoisotopic (exact) mass is 308 g/mol. The van der Waals surface area contributed by atoms with Crippen LogP contribution in [0.3, 0.4) is 0 Å². The van der Waals surface area contributed by atoms with Crippen molar-refractivity contribution < 1.29 is 4.79 Å². The summed E-state index contributed by atoms with van der Waals surface area (Å²) in [5.74, 6) is -0.185. The van der Waals surface area contributed by atoms with Crippen molar-refractivity contribution in [3.8, 4) is 0 Å². The minimum atomic E-state index is -0.185. The maximum Gasteiger partial charge on any atom is 0.258 e. The molecule has 0 atom stereocenters. The number of halogens is 2. The Morgan fingerprint density at radius 3 is 2.30 bits per heavy atom. The summed E-state index contributed by atoms with van der Waals surface area (Å²) in [4.78, 5) is 14.2. The van der Waals surface area contributed by atoms with E-state index in [1.54, 1.807) is 29.2 Å². The molecule has 2 aromatic rings. The lowest BCUT2D eigenvalue weighted by molar-refractivity contribution is 0.0988. The first-order valence-electron chi connectivity index (χ1n) is 6.15. The van der Waals surface area contributed by atoms with Gasteiger partial charge in [-0.1, -0.05) is 35.3 Å². The molecule has 0 saturated carbocycles. The molecule has 5 heteroatoms. The molecule has 2 N–H and O–H groups in total. The van der Waals surface area contributed by atoms with Crippen LogP contribution in [0, 0.1) is 0 Å². The minimum absolute atomic E-state index is 0.185. The Morgan fingerprint density at radius 1 is 1.15 bits per heavy atom. The van der Waals surface area contributed by atoms with Crippen LogP contribution in [-0.4, -0.2) is 12.5 Å². The zero-order valence-corrected chi connectivity index (χ0v) is 12.4. The Morgan fingerprint density at radius 2 is 1.75 bits per heavy atom. The third-order valence-electron chi connectivity index (χ3n) is 2.90. The molecule has 2 aromatic carbocycles. The number of amides is 1. The van der Waals surface area contributed by atoms with Gasteiger partial charge in [-0.15, -0.1) is 0 Å². The van der Waals surface area contributed by atoms with Crippen molar-refractivity contribution in [2.45, 2.75) is 6.92 Å². The van der Waals surface area contributed by atoms with Gasteiger partial charge in [-0.25, -0.2) is 0 Å². The number of hydrogen-bond acceptors (Lipinski definition) is 2. The average molecular weight is 309 g/mol. The maximum absolute atomic E-state index is 12.6. The van der Waals surface area contributed by atoms with Crippen molar-refractivity contribution in [2.24, 2.45) is 0 Å². The molecule has 0 unspecified atom stereocenters. The van der Waals surface area contributed by atoms with Gasteiger partial charge in [-0.3, -0.25) is 4.79 Å². The van der Waals surface area contributed by atoms with Crippen molar-refractivity contribution in [3.05, 3.63) is 58.1 Å². The van der Waals surface area contributed by atoms with E-state index in [2.05, 4.69) is 0 Å². The van der Waals surface area contributed by atoms with E-state index in [0.29, 0.717) is 33.5 Å². The van der Waals surface area contributed by atoms with Gasteiger partial charge in [0.15, 0.2) is 0 Å². The molecule has 0 fully saturated rings. The number of para-hydroxylation sites is 2. The molecule has 0 aliphatic rings. The number of nitrogens with zero attached hydrogens (tertiary/aromatic N) is 1. The summed E-state index contributed by atoms with van der Waals surface area (Å²) in [5.41, 5.74) is 7.59. The van der Waals surface area contributed by atoms with E-state index in [-0.39, 0.29) is 5.91 Å². The summed E-state index contributed by atoms with van der Waals surface area (Å²) < 4.78 is 0. The average Bonchev–Trinajstić information content (AvgIpc) is 2.40. The van der Waals surface area contributed by atoms with Crippen molar-refractivity contribution >= 4 is 40.5 Å². The zero-order valence-electron chi connectivity index (χ0n) is 10.9. The van der Waals surface area contributed by atoms with Crippen molar-refractivity contribution in [1.29, 1.82) is 0 Å². The van der Waals surface area contributed by atoms with Gasteiger partial charge in [-0.05, 0) is 37.3 Å². The van der Waals surface area contributed by atoms with Gasteiger partial charge in [0.05, 0.1) is 11.4 Å². The van der Waals surface area contributed by atoms with Crippen molar-refractivity contribution in [2.75, 3.05) is 17.2 Å². The van der Waals surface area contributed by atoms with Gasteiger partial charge >= 0.3 is 0 Å². The highest BCUT2D eigenvalue weighted by molar-refractivity contribution is 6.35. The summed E-state index contributed by atoms with van der Waals surface area (Å²) >= 11 is 11.9. The Labute approximate surface area is 127 Å². The van der Waals surface area contributed by atoms with Crippen LogP contribution in [0.2, 0.25) is 10.0 Å². The highest BCUT2D eigenvalue weighted by atomic mass is 35.5. The maximum atomic E-state index is 12.6. The quantitative estimate of drug-likeness (QED) is 0.862. The number of nitrogen functional groups attached to an aromatic ring is 1. The normalized spacial score (nSPS) is 10.3. The zero-order chi connectivity index (χ0) is 14.7. The second kappa shape index (κ2) is 6.16. The van der Waals surface area contributed by atoms with Crippen LogP contribution >= 0.6 is 23.2 Å². The highest BCUT2D eigenvalue weighted by Crippen LogP contribution is 2.26. The second-order valence-electron chi connectivity index (χ2n) is 4.27. The Hall–Kier alpha value is -1.71. The molecule has 0 aliphatic heterocycles. The van der Waals surface area contributed by atoms with Gasteiger partial charge in [0.1, 0.15) is 0 Å². The van der Waals surface area contributed by atoms with Gasteiger partial charge in [-0.2, -0.15) is 0 Å². The molecule has 1 amide bonds. The minimum Gasteiger partial charge on any atom is -0.397 e. The van der Waals surface area contributed by atoms with Crippen LogP contribution in [0.25, 0.3) is 0 Å². The molecule has 0 saturated heterocycles. The lowest BCUT2D eigenvalue weighted by Crippen LogP contribution is -2.31. The predicted molar refractivity (Wildman–Crippen MR) is 84.7 cm³/mol. The third-order valence-corrected chi connectivity index (χ3v) is 3.33. The van der Waals surface area contributed by atoms with Crippen molar-refractivity contribution in [3.63, 3.8) is 0 Å². The topological polar surface area (TPSA) is 46.3 Å². The fourth-order valence-electron chi connectivity index (χ4n) is 1.99. The summed E-state index contributed by atoms with van der Waals surface area (Å²) in [6.45, 7) is 2.38. The lowest BCUT2D eigenvalue weighted by atomic mass is 10.1. The molecular formula is C15H14Cl2N2O. The number of hydrogen-bond donors (Lipinski definition) is 1. The summed E-state index contributed by atoms with van der Waals surface area (Å²) in [5, 5.41) is 0.857. The molecule has 20 heavy (non-hydrogen) atoms. The molecule has 3 nitrogen and oxygen atoms in total. The van der Waals surface area contributed by atoms with Gasteiger partial charge in [0.25, 0.3) is 5.91 Å². The summed E-state index contributed by atoms with van der Waals surface area (Å²) in [6.07, 6.45) is 0. The van der Waals surface area contributed by atoms with E-state index in [0.717, 1.165) is 0 Å². The Bertz CT molecular complexity index is 623. The molecule has 0 aliphatic carbocycles. The van der Waals surface area contributed by atoms with E-state index < -0.39 is 0 Å². The molecule has 0 radical (unpaired) electrons. The molecule has 2 rings (SSSR count). The number of carbonyl (C=O) groups is 1. The molecule has 104 valence electrons. The van der Waals surface area contributed by atoms with Crippen LogP contribution in [-0.2, 0) is 0 Å². The van der Waals surface area contributed by atoms with E-state index in [1.165, 1.54) is 0 Å². The molecule has 0 spiro atoms. The van der Waals surface area contributed by atoms with Gasteiger partial charge in [0, 0.05) is 22.2 Å². The summed E-state index contributed by atoms with van der Waals surface area (Å²) in [7, 11) is 0.